The molecule has 1 heterocycles. The largest absolute Gasteiger partial charge is 0.468 e. The van der Waals surface area contributed by atoms with Crippen molar-refractivity contribution in [3.05, 3.63) is 47.9 Å². The molecule has 0 radical (unpaired) electrons. The summed E-state index contributed by atoms with van der Waals surface area (Å²) in [5.41, 5.74) is 12.1. The Morgan fingerprint density at radius 2 is 2.18 bits per heavy atom. The van der Waals surface area contributed by atoms with E-state index in [2.05, 4.69) is 0 Å². The standard InChI is InChI=1S/C12H12N2O2S/c13-8-3-4-10(12(14)15)11(6-8)17-7-9-2-1-5-16-9/h1-6H,7,13H2,(H2,14,15). The number of thioether (sulfide) groups is 1. The van der Waals surface area contributed by atoms with Crippen molar-refractivity contribution in [1.29, 1.82) is 0 Å². The van der Waals surface area contributed by atoms with Gasteiger partial charge in [0.15, 0.2) is 0 Å². The Balaban J connectivity index is 2.19. The summed E-state index contributed by atoms with van der Waals surface area (Å²) in [4.78, 5) is 12.0. The average Bonchev–Trinajstić information content (AvgIpc) is 2.78. The van der Waals surface area contributed by atoms with Crippen LogP contribution in [0, 0.1) is 0 Å². The number of carbonyl (C=O) groups excluding carboxylic acids is 1. The van der Waals surface area contributed by atoms with Gasteiger partial charge in [-0.1, -0.05) is 0 Å². The molecule has 0 atom stereocenters. The van der Waals surface area contributed by atoms with Gasteiger partial charge >= 0.3 is 0 Å². The molecule has 0 saturated carbocycles. The molecular formula is C12H12N2O2S. The lowest BCUT2D eigenvalue weighted by Gasteiger charge is -2.06. The first-order valence-corrected chi connectivity index (χ1v) is 6.00. The summed E-state index contributed by atoms with van der Waals surface area (Å²) in [5, 5.41) is 0. The Kier molecular flexibility index (Phi) is 3.39. The highest BCUT2D eigenvalue weighted by molar-refractivity contribution is 7.98. The third kappa shape index (κ3) is 2.82. The van der Waals surface area contributed by atoms with Crippen LogP contribution >= 0.6 is 11.8 Å². The lowest BCUT2D eigenvalue weighted by Crippen LogP contribution is -2.12. The number of primary amides is 1. The Labute approximate surface area is 103 Å². The third-order valence-corrected chi connectivity index (χ3v) is 3.30. The summed E-state index contributed by atoms with van der Waals surface area (Å²) < 4.78 is 5.22. The zero-order valence-corrected chi connectivity index (χ0v) is 9.87. The van der Waals surface area contributed by atoms with Gasteiger partial charge in [-0.2, -0.15) is 0 Å². The number of anilines is 1. The molecule has 1 amide bonds. The van der Waals surface area contributed by atoms with Gasteiger partial charge in [0, 0.05) is 10.6 Å². The molecule has 2 rings (SSSR count). The summed E-state index contributed by atoms with van der Waals surface area (Å²) >= 11 is 1.47. The van der Waals surface area contributed by atoms with Gasteiger partial charge in [-0.15, -0.1) is 11.8 Å². The normalized spacial score (nSPS) is 10.4. The van der Waals surface area contributed by atoms with Gasteiger partial charge in [0.1, 0.15) is 5.76 Å². The van der Waals surface area contributed by atoms with Crippen LogP contribution in [-0.4, -0.2) is 5.91 Å². The molecule has 0 fully saturated rings. The number of amides is 1. The first-order chi connectivity index (χ1) is 8.16. The van der Waals surface area contributed by atoms with E-state index < -0.39 is 5.91 Å². The molecule has 0 aliphatic rings. The van der Waals surface area contributed by atoms with Crippen molar-refractivity contribution in [1.82, 2.24) is 0 Å². The maximum absolute atomic E-state index is 11.2. The highest BCUT2D eigenvalue weighted by Crippen LogP contribution is 2.28. The van der Waals surface area contributed by atoms with Gasteiger partial charge in [0.2, 0.25) is 5.91 Å². The summed E-state index contributed by atoms with van der Waals surface area (Å²) in [6, 6.07) is 8.75. The first-order valence-electron chi connectivity index (χ1n) is 5.01. The van der Waals surface area contributed by atoms with E-state index in [-0.39, 0.29) is 0 Å². The van der Waals surface area contributed by atoms with Crippen LogP contribution in [0.2, 0.25) is 0 Å². The molecule has 88 valence electrons. The van der Waals surface area contributed by atoms with Crippen LogP contribution < -0.4 is 11.5 Å². The number of furan rings is 1. The minimum absolute atomic E-state index is 0.452. The minimum Gasteiger partial charge on any atom is -0.468 e. The molecule has 1 aromatic heterocycles. The lowest BCUT2D eigenvalue weighted by molar-refractivity contribution is 0.0997. The van der Waals surface area contributed by atoms with Gasteiger partial charge in [0.25, 0.3) is 0 Å². The van der Waals surface area contributed by atoms with Crippen LogP contribution in [0.5, 0.6) is 0 Å². The first kappa shape index (κ1) is 11.6. The molecule has 2 aromatic rings. The molecular weight excluding hydrogens is 236 g/mol. The van der Waals surface area contributed by atoms with Crippen molar-refractivity contribution in [3.63, 3.8) is 0 Å². The number of hydrogen-bond acceptors (Lipinski definition) is 4. The lowest BCUT2D eigenvalue weighted by atomic mass is 10.2. The number of nitrogens with two attached hydrogens (primary N) is 2. The molecule has 0 saturated heterocycles. The van der Waals surface area contributed by atoms with Crippen LogP contribution in [0.4, 0.5) is 5.69 Å². The molecule has 4 N–H and O–H groups in total. The van der Waals surface area contributed by atoms with E-state index in [1.165, 1.54) is 11.8 Å². The SMILES string of the molecule is NC(=O)c1ccc(N)cc1SCc1ccco1. The van der Waals surface area contributed by atoms with E-state index >= 15 is 0 Å². The van der Waals surface area contributed by atoms with E-state index in [1.807, 2.05) is 12.1 Å². The highest BCUT2D eigenvalue weighted by atomic mass is 32.2. The molecule has 5 heteroatoms. The Morgan fingerprint density at radius 1 is 1.35 bits per heavy atom. The van der Waals surface area contributed by atoms with E-state index in [1.54, 1.807) is 24.5 Å². The fraction of sp³-hybridized carbons (Fsp3) is 0.0833. The fourth-order valence-corrected chi connectivity index (χ4v) is 2.41. The van der Waals surface area contributed by atoms with Crippen LogP contribution in [0.1, 0.15) is 16.1 Å². The van der Waals surface area contributed by atoms with Crippen molar-refractivity contribution in [2.24, 2.45) is 5.73 Å². The molecule has 0 aliphatic heterocycles. The quantitative estimate of drug-likeness (QED) is 0.642. The molecule has 0 aliphatic carbocycles. The number of rotatable bonds is 4. The van der Waals surface area contributed by atoms with Crippen molar-refractivity contribution < 1.29 is 9.21 Å². The summed E-state index contributed by atoms with van der Waals surface area (Å²) in [6.07, 6.45) is 1.62. The van der Waals surface area contributed by atoms with Crippen LogP contribution in [0.15, 0.2) is 45.9 Å². The van der Waals surface area contributed by atoms with E-state index in [9.17, 15) is 4.79 Å². The monoisotopic (exact) mass is 248 g/mol. The van der Waals surface area contributed by atoms with Gasteiger partial charge in [-0.05, 0) is 30.3 Å². The number of nitrogen functional groups attached to an aromatic ring is 1. The maximum Gasteiger partial charge on any atom is 0.249 e. The van der Waals surface area contributed by atoms with Crippen molar-refractivity contribution in [2.45, 2.75) is 10.6 Å². The van der Waals surface area contributed by atoms with E-state index in [4.69, 9.17) is 15.9 Å². The molecule has 4 nitrogen and oxygen atoms in total. The van der Waals surface area contributed by atoms with Gasteiger partial charge in [-0.25, -0.2) is 0 Å². The Morgan fingerprint density at radius 3 is 2.82 bits per heavy atom. The zero-order valence-electron chi connectivity index (χ0n) is 9.05. The van der Waals surface area contributed by atoms with E-state index in [0.717, 1.165) is 10.7 Å². The van der Waals surface area contributed by atoms with Crippen LogP contribution in [-0.2, 0) is 5.75 Å². The molecule has 1 aromatic carbocycles. The van der Waals surface area contributed by atoms with Crippen LogP contribution in [0.3, 0.4) is 0 Å². The van der Waals surface area contributed by atoms with E-state index in [0.29, 0.717) is 17.0 Å². The molecule has 0 spiro atoms. The predicted molar refractivity (Wildman–Crippen MR) is 67.6 cm³/mol. The Hall–Kier alpha value is -1.88. The average molecular weight is 248 g/mol. The summed E-state index contributed by atoms with van der Waals surface area (Å²) in [5.74, 6) is 1.02. The van der Waals surface area contributed by atoms with Gasteiger partial charge in [0.05, 0.1) is 17.6 Å². The fourth-order valence-electron chi connectivity index (χ4n) is 1.41. The number of hydrogen-bond donors (Lipinski definition) is 2. The topological polar surface area (TPSA) is 82.2 Å². The number of benzene rings is 1. The second-order valence-corrected chi connectivity index (χ2v) is 4.51. The van der Waals surface area contributed by atoms with Crippen molar-refractivity contribution in [2.75, 3.05) is 5.73 Å². The second kappa shape index (κ2) is 4.97. The second-order valence-electron chi connectivity index (χ2n) is 3.49. The smallest absolute Gasteiger partial charge is 0.249 e. The van der Waals surface area contributed by atoms with Crippen molar-refractivity contribution >= 4 is 23.4 Å². The summed E-state index contributed by atoms with van der Waals surface area (Å²) in [6.45, 7) is 0. The molecule has 0 bridgehead atoms. The minimum atomic E-state index is -0.452. The van der Waals surface area contributed by atoms with Crippen LogP contribution in [0.25, 0.3) is 0 Å². The highest BCUT2D eigenvalue weighted by Gasteiger charge is 2.09. The third-order valence-electron chi connectivity index (χ3n) is 2.22. The summed E-state index contributed by atoms with van der Waals surface area (Å²) in [7, 11) is 0. The predicted octanol–water partition coefficient (Wildman–Crippen LogP) is 2.25. The maximum atomic E-state index is 11.2. The molecule has 0 unspecified atom stereocenters. The number of carbonyl (C=O) groups is 1. The van der Waals surface area contributed by atoms with Gasteiger partial charge < -0.3 is 15.9 Å². The van der Waals surface area contributed by atoms with Crippen molar-refractivity contribution in [3.8, 4) is 0 Å². The molecule has 17 heavy (non-hydrogen) atoms. The zero-order chi connectivity index (χ0) is 12.3. The Bertz CT molecular complexity index is 523. The van der Waals surface area contributed by atoms with Gasteiger partial charge in [-0.3, -0.25) is 4.79 Å².